The number of carbonyl (C=O) groups is 1. The zero-order valence-electron chi connectivity index (χ0n) is 15.3. The highest BCUT2D eigenvalue weighted by molar-refractivity contribution is 5.74. The van der Waals surface area contributed by atoms with Crippen molar-refractivity contribution in [3.05, 3.63) is 46.2 Å². The monoisotopic (exact) mass is 395 g/mol. The van der Waals surface area contributed by atoms with Crippen LogP contribution >= 0.6 is 0 Å². The maximum absolute atomic E-state index is 13.7. The molecule has 6 nitrogen and oxygen atoms in total. The number of hydrogen-bond acceptors (Lipinski definition) is 5. The molecule has 1 saturated heterocycles. The van der Waals surface area contributed by atoms with Crippen LogP contribution in [0.5, 0.6) is 0 Å². The van der Waals surface area contributed by atoms with Crippen molar-refractivity contribution in [2.24, 2.45) is 5.92 Å². The van der Waals surface area contributed by atoms with Gasteiger partial charge >= 0.3 is 12.1 Å². The second-order valence-corrected chi connectivity index (χ2v) is 6.57. The Morgan fingerprint density at radius 3 is 2.75 bits per heavy atom. The van der Waals surface area contributed by atoms with Crippen LogP contribution in [-0.2, 0) is 15.7 Å². The number of piperidine rings is 1. The average molecular weight is 395 g/mol. The molecule has 0 saturated carbocycles. The lowest BCUT2D eigenvalue weighted by Gasteiger charge is -2.35. The molecule has 3 rings (SSSR count). The molecule has 1 fully saturated rings. The highest BCUT2D eigenvalue weighted by Gasteiger charge is 2.37. The zero-order chi connectivity index (χ0) is 20.3. The fourth-order valence-corrected chi connectivity index (χ4v) is 3.35. The molecule has 0 bridgehead atoms. The summed E-state index contributed by atoms with van der Waals surface area (Å²) in [6, 6.07) is 6.51. The zero-order valence-corrected chi connectivity index (χ0v) is 15.3. The molecule has 9 heteroatoms. The number of halogens is 3. The van der Waals surface area contributed by atoms with Gasteiger partial charge in [0.05, 0.1) is 23.8 Å². The summed E-state index contributed by atoms with van der Waals surface area (Å²) < 4.78 is 46.3. The Morgan fingerprint density at radius 1 is 1.32 bits per heavy atom. The van der Waals surface area contributed by atoms with E-state index in [1.54, 1.807) is 11.8 Å². The first-order valence-electron chi connectivity index (χ1n) is 8.98. The minimum atomic E-state index is -4.58. The number of rotatable bonds is 4. The number of nitrogens with one attached hydrogen (secondary N) is 1. The number of nitrogens with zero attached hydrogens (tertiary/aromatic N) is 2. The van der Waals surface area contributed by atoms with E-state index in [1.807, 2.05) is 0 Å². The van der Waals surface area contributed by atoms with E-state index in [1.165, 1.54) is 24.3 Å². The second-order valence-electron chi connectivity index (χ2n) is 6.57. The van der Waals surface area contributed by atoms with Crippen LogP contribution in [0.1, 0.15) is 25.3 Å². The van der Waals surface area contributed by atoms with Crippen LogP contribution in [0.25, 0.3) is 11.3 Å². The van der Waals surface area contributed by atoms with Crippen molar-refractivity contribution < 1.29 is 22.7 Å². The summed E-state index contributed by atoms with van der Waals surface area (Å²) in [5.74, 6) is -0.829. The van der Waals surface area contributed by atoms with E-state index in [9.17, 15) is 22.8 Å². The molecule has 2 aromatic rings. The summed E-state index contributed by atoms with van der Waals surface area (Å²) in [6.07, 6.45) is -3.38. The first kappa shape index (κ1) is 19.9. The maximum Gasteiger partial charge on any atom is 0.418 e. The molecule has 2 heterocycles. The largest absolute Gasteiger partial charge is 0.466 e. The lowest BCUT2D eigenvalue weighted by atomic mass is 9.96. The van der Waals surface area contributed by atoms with E-state index in [0.717, 1.165) is 6.07 Å². The number of H-pyrrole nitrogens is 1. The van der Waals surface area contributed by atoms with Crippen LogP contribution < -0.4 is 10.5 Å². The molecule has 1 atom stereocenters. The third kappa shape index (κ3) is 4.35. The normalized spacial score (nSPS) is 17.4. The van der Waals surface area contributed by atoms with Gasteiger partial charge in [0.1, 0.15) is 0 Å². The average Bonchev–Trinajstić information content (AvgIpc) is 2.68. The van der Waals surface area contributed by atoms with E-state index in [2.05, 4.69) is 10.2 Å². The van der Waals surface area contributed by atoms with Gasteiger partial charge in [-0.1, -0.05) is 6.07 Å². The molecule has 1 aliphatic rings. The number of alkyl halides is 3. The smallest absolute Gasteiger partial charge is 0.418 e. The molecule has 150 valence electrons. The summed E-state index contributed by atoms with van der Waals surface area (Å²) in [4.78, 5) is 24.7. The molecule has 1 N–H and O–H groups in total. The lowest BCUT2D eigenvalue weighted by molar-refractivity contribution is -0.148. The minimum absolute atomic E-state index is 0.0228. The summed E-state index contributed by atoms with van der Waals surface area (Å²) >= 11 is 0. The molecular weight excluding hydrogens is 375 g/mol. The van der Waals surface area contributed by atoms with Crippen molar-refractivity contribution in [1.29, 1.82) is 0 Å². The van der Waals surface area contributed by atoms with Gasteiger partial charge in [-0.05, 0) is 38.0 Å². The van der Waals surface area contributed by atoms with Gasteiger partial charge in [0, 0.05) is 30.4 Å². The lowest BCUT2D eigenvalue weighted by Crippen LogP contribution is -2.40. The predicted molar refractivity (Wildman–Crippen MR) is 96.9 cm³/mol. The van der Waals surface area contributed by atoms with Gasteiger partial charge in [0.15, 0.2) is 0 Å². The van der Waals surface area contributed by atoms with Crippen LogP contribution in [-0.4, -0.2) is 35.9 Å². The van der Waals surface area contributed by atoms with Crippen molar-refractivity contribution in [2.45, 2.75) is 25.9 Å². The number of ether oxygens (including phenoxy) is 1. The van der Waals surface area contributed by atoms with Crippen LogP contribution in [0, 0.1) is 5.92 Å². The van der Waals surface area contributed by atoms with E-state index in [-0.39, 0.29) is 36.1 Å². The van der Waals surface area contributed by atoms with Gasteiger partial charge in [-0.2, -0.15) is 18.3 Å². The van der Waals surface area contributed by atoms with Gasteiger partial charge in [-0.3, -0.25) is 9.59 Å². The second kappa shape index (κ2) is 8.04. The van der Waals surface area contributed by atoms with E-state index in [0.29, 0.717) is 19.4 Å². The number of esters is 1. The highest BCUT2D eigenvalue weighted by atomic mass is 19.4. The number of aromatic amines is 1. The Hall–Kier alpha value is -2.84. The summed E-state index contributed by atoms with van der Waals surface area (Å²) in [7, 11) is 0. The number of hydrogen-bond donors (Lipinski definition) is 1. The Bertz CT molecular complexity index is 891. The van der Waals surface area contributed by atoms with E-state index >= 15 is 0 Å². The third-order valence-corrected chi connectivity index (χ3v) is 4.66. The SMILES string of the molecule is CCOC(=O)C1CCCN(c2ccc(-c3ccc(=O)[nH]n3)cc2C(F)(F)F)C1. The molecule has 1 aromatic carbocycles. The molecule has 0 amide bonds. The maximum atomic E-state index is 13.7. The van der Waals surface area contributed by atoms with Crippen molar-refractivity contribution in [1.82, 2.24) is 10.2 Å². The van der Waals surface area contributed by atoms with Gasteiger partial charge in [0.2, 0.25) is 0 Å². The Balaban J connectivity index is 1.95. The Morgan fingerprint density at radius 2 is 2.11 bits per heavy atom. The first-order chi connectivity index (χ1) is 13.3. The van der Waals surface area contributed by atoms with Gasteiger partial charge in [-0.25, -0.2) is 5.10 Å². The molecule has 28 heavy (non-hydrogen) atoms. The molecule has 1 aromatic heterocycles. The molecule has 0 radical (unpaired) electrons. The van der Waals surface area contributed by atoms with Gasteiger partial charge in [-0.15, -0.1) is 0 Å². The molecule has 1 aliphatic heterocycles. The van der Waals surface area contributed by atoms with Crippen LogP contribution in [0.4, 0.5) is 18.9 Å². The Kier molecular flexibility index (Phi) is 5.71. The predicted octanol–water partition coefficient (Wildman–Crippen LogP) is 3.24. The summed E-state index contributed by atoms with van der Waals surface area (Å²) in [6.45, 7) is 2.54. The van der Waals surface area contributed by atoms with E-state index in [4.69, 9.17) is 4.74 Å². The first-order valence-corrected chi connectivity index (χ1v) is 8.98. The van der Waals surface area contributed by atoms with Crippen LogP contribution in [0.15, 0.2) is 35.1 Å². The van der Waals surface area contributed by atoms with Crippen LogP contribution in [0.3, 0.4) is 0 Å². The van der Waals surface area contributed by atoms with Crippen molar-refractivity contribution in [3.63, 3.8) is 0 Å². The third-order valence-electron chi connectivity index (χ3n) is 4.66. The number of aromatic nitrogens is 2. The van der Waals surface area contributed by atoms with Gasteiger partial charge in [0.25, 0.3) is 5.56 Å². The number of anilines is 1. The molecule has 0 spiro atoms. The molecular formula is C19H20F3N3O3. The summed E-state index contributed by atoms with van der Waals surface area (Å²) in [5.41, 5.74) is -0.738. The molecule has 0 aliphatic carbocycles. The van der Waals surface area contributed by atoms with E-state index < -0.39 is 23.2 Å². The van der Waals surface area contributed by atoms with Gasteiger partial charge < -0.3 is 9.64 Å². The number of carbonyl (C=O) groups excluding carboxylic acids is 1. The highest BCUT2D eigenvalue weighted by Crippen LogP contribution is 2.40. The minimum Gasteiger partial charge on any atom is -0.466 e. The van der Waals surface area contributed by atoms with Crippen molar-refractivity contribution in [3.8, 4) is 11.3 Å². The fraction of sp³-hybridized carbons (Fsp3) is 0.421. The molecule has 1 unspecified atom stereocenters. The Labute approximate surface area is 159 Å². The number of benzene rings is 1. The van der Waals surface area contributed by atoms with Crippen molar-refractivity contribution in [2.75, 3.05) is 24.6 Å². The van der Waals surface area contributed by atoms with Crippen LogP contribution in [0.2, 0.25) is 0 Å². The van der Waals surface area contributed by atoms with Crippen molar-refractivity contribution >= 4 is 11.7 Å². The summed E-state index contributed by atoms with van der Waals surface area (Å²) in [5, 5.41) is 6.01. The quantitative estimate of drug-likeness (QED) is 0.805. The fourth-order valence-electron chi connectivity index (χ4n) is 3.35. The topological polar surface area (TPSA) is 75.3 Å². The standard InChI is InChI=1S/C19H20F3N3O3/c1-2-28-18(27)13-4-3-9-25(11-13)16-7-5-12(10-14(16)19(20,21)22)15-6-8-17(26)24-23-15/h5-8,10,13H,2-4,9,11H2,1H3,(H,24,26).